The normalized spacial score (nSPS) is 22.7. The molecule has 2 aromatic rings. The molecule has 1 heterocycles. The Hall–Kier alpha value is -1.48. The average Bonchev–Trinajstić information content (AvgIpc) is 2.95. The largest absolute Gasteiger partial charge is 0.491 e. The summed E-state index contributed by atoms with van der Waals surface area (Å²) in [6.07, 6.45) is 3.09. The molecule has 0 radical (unpaired) electrons. The Morgan fingerprint density at radius 1 is 1.39 bits per heavy atom. The second-order valence-corrected chi connectivity index (χ2v) is 5.31. The van der Waals surface area contributed by atoms with Crippen LogP contribution in [0.5, 0.6) is 5.75 Å². The number of rotatable bonds is 4. The molecule has 0 unspecified atom stereocenters. The number of fused-ring (bicyclic) bond motifs is 1. The first-order chi connectivity index (χ1) is 8.70. The fraction of sp³-hybridized carbons (Fsp3) is 0.467. The lowest BCUT2D eigenvalue weighted by atomic mass is 10.0. The van der Waals surface area contributed by atoms with Crippen LogP contribution in [0.2, 0.25) is 0 Å². The van der Waals surface area contributed by atoms with Crippen molar-refractivity contribution in [2.24, 2.45) is 11.7 Å². The minimum Gasteiger partial charge on any atom is -0.491 e. The number of hydrogen-bond donors (Lipinski definition) is 1. The van der Waals surface area contributed by atoms with E-state index < -0.39 is 0 Å². The third-order valence-electron chi connectivity index (χ3n) is 3.60. The highest BCUT2D eigenvalue weighted by molar-refractivity contribution is 5.84. The molecule has 1 saturated carbocycles. The van der Waals surface area contributed by atoms with Crippen LogP contribution in [-0.4, -0.2) is 12.6 Å². The first-order valence-corrected chi connectivity index (χ1v) is 6.57. The van der Waals surface area contributed by atoms with Crippen LogP contribution in [0.25, 0.3) is 11.0 Å². The Kier molecular flexibility index (Phi) is 2.78. The van der Waals surface area contributed by atoms with Gasteiger partial charge in [-0.3, -0.25) is 0 Å². The van der Waals surface area contributed by atoms with Gasteiger partial charge in [-0.2, -0.15) is 0 Å². The Morgan fingerprint density at radius 2 is 2.22 bits per heavy atom. The number of nitrogens with two attached hydrogens (primary N) is 1. The van der Waals surface area contributed by atoms with Gasteiger partial charge in [0.15, 0.2) is 0 Å². The van der Waals surface area contributed by atoms with Gasteiger partial charge < -0.3 is 14.9 Å². The molecule has 0 spiro atoms. The van der Waals surface area contributed by atoms with E-state index in [4.69, 9.17) is 14.9 Å². The van der Waals surface area contributed by atoms with Gasteiger partial charge in [-0.05, 0) is 56.8 Å². The predicted octanol–water partition coefficient (Wildman–Crippen LogP) is 3.28. The van der Waals surface area contributed by atoms with Crippen LogP contribution in [0.15, 0.2) is 28.9 Å². The molecule has 2 atom stereocenters. The molecule has 1 fully saturated rings. The summed E-state index contributed by atoms with van der Waals surface area (Å²) in [6.45, 7) is 4.85. The minimum absolute atomic E-state index is 0.183. The molecule has 0 saturated heterocycles. The summed E-state index contributed by atoms with van der Waals surface area (Å²) in [4.78, 5) is 0. The molecule has 1 aliphatic carbocycles. The van der Waals surface area contributed by atoms with Crippen molar-refractivity contribution < 1.29 is 9.15 Å². The topological polar surface area (TPSA) is 48.4 Å². The van der Waals surface area contributed by atoms with E-state index in [1.165, 1.54) is 10.9 Å². The van der Waals surface area contributed by atoms with Gasteiger partial charge in [0.25, 0.3) is 0 Å². The van der Waals surface area contributed by atoms with Gasteiger partial charge in [0.1, 0.15) is 11.3 Å². The quantitative estimate of drug-likeness (QED) is 0.899. The zero-order chi connectivity index (χ0) is 12.7. The Morgan fingerprint density at radius 3 is 2.89 bits per heavy atom. The van der Waals surface area contributed by atoms with E-state index in [0.29, 0.717) is 11.8 Å². The van der Waals surface area contributed by atoms with E-state index in [-0.39, 0.29) is 6.10 Å². The van der Waals surface area contributed by atoms with Crippen LogP contribution in [0.4, 0.5) is 0 Å². The first kappa shape index (κ1) is 11.6. The lowest BCUT2D eigenvalue weighted by Crippen LogP contribution is -2.08. The van der Waals surface area contributed by atoms with E-state index in [1.807, 2.05) is 18.2 Å². The maximum atomic E-state index is 5.93. The molecule has 3 heteroatoms. The van der Waals surface area contributed by atoms with Gasteiger partial charge in [-0.25, -0.2) is 0 Å². The second-order valence-electron chi connectivity index (χ2n) is 5.31. The highest BCUT2D eigenvalue weighted by Crippen LogP contribution is 2.52. The Balaban J connectivity index is 2.08. The van der Waals surface area contributed by atoms with Crippen LogP contribution in [-0.2, 0) is 0 Å². The Labute approximate surface area is 107 Å². The fourth-order valence-electron chi connectivity index (χ4n) is 2.65. The molecule has 96 valence electrons. The van der Waals surface area contributed by atoms with Gasteiger partial charge in [-0.1, -0.05) is 0 Å². The first-order valence-electron chi connectivity index (χ1n) is 6.57. The second kappa shape index (κ2) is 4.32. The summed E-state index contributed by atoms with van der Waals surface area (Å²) in [5.74, 6) is 2.12. The monoisotopic (exact) mass is 245 g/mol. The molecule has 18 heavy (non-hydrogen) atoms. The molecule has 2 N–H and O–H groups in total. The van der Waals surface area contributed by atoms with E-state index >= 15 is 0 Å². The van der Waals surface area contributed by atoms with Crippen molar-refractivity contribution >= 4 is 11.0 Å². The van der Waals surface area contributed by atoms with Gasteiger partial charge >= 0.3 is 0 Å². The van der Waals surface area contributed by atoms with Crippen molar-refractivity contribution in [3.8, 4) is 5.75 Å². The molecule has 0 aliphatic heterocycles. The fourth-order valence-corrected chi connectivity index (χ4v) is 2.65. The molecule has 1 aromatic heterocycles. The zero-order valence-corrected chi connectivity index (χ0v) is 10.8. The number of ether oxygens (including phenoxy) is 1. The summed E-state index contributed by atoms with van der Waals surface area (Å²) < 4.78 is 11.4. The summed E-state index contributed by atoms with van der Waals surface area (Å²) >= 11 is 0. The lowest BCUT2D eigenvalue weighted by Gasteiger charge is -2.15. The van der Waals surface area contributed by atoms with Crippen LogP contribution >= 0.6 is 0 Å². The third kappa shape index (κ3) is 1.89. The van der Waals surface area contributed by atoms with Crippen molar-refractivity contribution in [1.29, 1.82) is 0 Å². The molecule has 3 nitrogen and oxygen atoms in total. The minimum atomic E-state index is 0.183. The predicted molar refractivity (Wildman–Crippen MR) is 71.9 cm³/mol. The lowest BCUT2D eigenvalue weighted by molar-refractivity contribution is 0.240. The van der Waals surface area contributed by atoms with Crippen LogP contribution in [0, 0.1) is 5.92 Å². The Bertz CT molecular complexity index is 559. The van der Waals surface area contributed by atoms with E-state index in [2.05, 4.69) is 13.8 Å². The molecular formula is C15H19NO2. The van der Waals surface area contributed by atoms with Gasteiger partial charge in [0.05, 0.1) is 12.4 Å². The standard InChI is InChI=1S/C15H19NO2/c1-9(2)18-14-4-3-13-11(5-6-17-13)15(14)12-7-10(12)8-16/h3-6,9-10,12H,7-8,16H2,1-2H3/t10-,12+/m1/s1. The maximum Gasteiger partial charge on any atom is 0.134 e. The average molecular weight is 245 g/mol. The van der Waals surface area contributed by atoms with Gasteiger partial charge in [0, 0.05) is 10.9 Å². The van der Waals surface area contributed by atoms with Crippen molar-refractivity contribution in [1.82, 2.24) is 0 Å². The van der Waals surface area contributed by atoms with Crippen molar-refractivity contribution in [2.45, 2.75) is 32.3 Å². The SMILES string of the molecule is CC(C)Oc1ccc2occc2c1[C@H]1C[C@@H]1CN. The molecule has 0 amide bonds. The van der Waals surface area contributed by atoms with Crippen molar-refractivity contribution in [3.63, 3.8) is 0 Å². The summed E-state index contributed by atoms with van der Waals surface area (Å²) in [5.41, 5.74) is 7.98. The van der Waals surface area contributed by atoms with Crippen molar-refractivity contribution in [2.75, 3.05) is 6.54 Å². The van der Waals surface area contributed by atoms with Crippen LogP contribution in [0.3, 0.4) is 0 Å². The maximum absolute atomic E-state index is 5.93. The number of benzene rings is 1. The zero-order valence-electron chi connectivity index (χ0n) is 10.8. The van der Waals surface area contributed by atoms with E-state index in [1.54, 1.807) is 6.26 Å². The third-order valence-corrected chi connectivity index (χ3v) is 3.60. The number of furan rings is 1. The van der Waals surface area contributed by atoms with Crippen LogP contribution in [0.1, 0.15) is 31.7 Å². The summed E-state index contributed by atoms with van der Waals surface area (Å²) in [6, 6.07) is 6.03. The number of hydrogen-bond acceptors (Lipinski definition) is 3. The molecule has 1 aliphatic rings. The summed E-state index contributed by atoms with van der Waals surface area (Å²) in [7, 11) is 0. The highest BCUT2D eigenvalue weighted by atomic mass is 16.5. The smallest absolute Gasteiger partial charge is 0.134 e. The summed E-state index contributed by atoms with van der Waals surface area (Å²) in [5, 5.41) is 1.18. The van der Waals surface area contributed by atoms with E-state index in [9.17, 15) is 0 Å². The van der Waals surface area contributed by atoms with E-state index in [0.717, 1.165) is 24.3 Å². The highest BCUT2D eigenvalue weighted by Gasteiger charge is 2.40. The van der Waals surface area contributed by atoms with Gasteiger partial charge in [-0.15, -0.1) is 0 Å². The molecule has 1 aromatic carbocycles. The molecule has 3 rings (SSSR count). The van der Waals surface area contributed by atoms with Crippen molar-refractivity contribution in [3.05, 3.63) is 30.0 Å². The molecular weight excluding hydrogens is 226 g/mol. The van der Waals surface area contributed by atoms with Gasteiger partial charge in [0.2, 0.25) is 0 Å². The molecule has 0 bridgehead atoms. The van der Waals surface area contributed by atoms with Crippen LogP contribution < -0.4 is 10.5 Å².